The summed E-state index contributed by atoms with van der Waals surface area (Å²) in [6, 6.07) is 7.91. The first kappa shape index (κ1) is 34.9. The van der Waals surface area contributed by atoms with Gasteiger partial charge in [-0.15, -0.1) is 0 Å². The lowest BCUT2D eigenvalue weighted by molar-refractivity contribution is -0.168. The Morgan fingerprint density at radius 3 is 2.18 bits per heavy atom. The largest absolute Gasteiger partial charge is 0.461 e. The minimum Gasteiger partial charge on any atom is -0.461 e. The number of hydrogen-bond donors (Lipinski definition) is 2. The Labute approximate surface area is 258 Å². The predicted octanol–water partition coefficient (Wildman–Crippen LogP) is 3.78. The van der Waals surface area contributed by atoms with E-state index in [0.717, 1.165) is 0 Å². The molecule has 44 heavy (non-hydrogen) atoms. The number of carbonyl (C=O) groups excluding carboxylic acids is 5. The van der Waals surface area contributed by atoms with Gasteiger partial charge in [0.25, 0.3) is 0 Å². The molecule has 3 rings (SSSR count). The number of allylic oxidation sites excluding steroid dienone is 2. The molecule has 2 N–H and O–H groups in total. The molecule has 0 aliphatic heterocycles. The second kappa shape index (κ2) is 13.6. The van der Waals surface area contributed by atoms with Gasteiger partial charge in [0.1, 0.15) is 17.8 Å². The molecule has 2 aliphatic carbocycles. The Morgan fingerprint density at radius 1 is 1.00 bits per heavy atom. The van der Waals surface area contributed by atoms with E-state index in [4.69, 9.17) is 14.2 Å². The average Bonchev–Trinajstić information content (AvgIpc) is 3.24. The number of carbonyl (C=O) groups is 5. The number of Topliss-reactive ketones (excluding diaryl/α,β-unsaturated/α-hetero) is 2. The molecule has 0 spiro atoms. The molecule has 0 amide bonds. The van der Waals surface area contributed by atoms with Crippen LogP contribution in [0.2, 0.25) is 0 Å². The van der Waals surface area contributed by atoms with Crippen LogP contribution in [0.5, 0.6) is 0 Å². The van der Waals surface area contributed by atoms with Gasteiger partial charge in [0.15, 0.2) is 23.8 Å². The summed E-state index contributed by atoms with van der Waals surface area (Å²) in [5, 5.41) is 23.8. The van der Waals surface area contributed by atoms with Crippen LogP contribution in [0, 0.1) is 29.1 Å². The van der Waals surface area contributed by atoms with Crippen molar-refractivity contribution in [3.63, 3.8) is 0 Å². The van der Waals surface area contributed by atoms with E-state index in [1.54, 1.807) is 52.8 Å². The molecular formula is C34H44O10. The Balaban J connectivity index is 2.33. The van der Waals surface area contributed by atoms with Gasteiger partial charge in [-0.2, -0.15) is 0 Å². The van der Waals surface area contributed by atoms with E-state index in [9.17, 15) is 34.2 Å². The highest BCUT2D eigenvalue weighted by Crippen LogP contribution is 2.49. The van der Waals surface area contributed by atoms with Gasteiger partial charge in [0.2, 0.25) is 0 Å². The maximum atomic E-state index is 14.1. The van der Waals surface area contributed by atoms with Crippen LogP contribution >= 0.6 is 0 Å². The molecule has 10 heteroatoms. The zero-order valence-electron chi connectivity index (χ0n) is 26.4. The van der Waals surface area contributed by atoms with Gasteiger partial charge in [-0.3, -0.25) is 19.2 Å². The van der Waals surface area contributed by atoms with E-state index >= 15 is 0 Å². The molecule has 1 aromatic carbocycles. The second-order valence-corrected chi connectivity index (χ2v) is 12.8. The number of aliphatic hydroxyl groups is 2. The molecule has 0 radical (unpaired) electrons. The van der Waals surface area contributed by atoms with E-state index in [0.29, 0.717) is 0 Å². The van der Waals surface area contributed by atoms with Gasteiger partial charge in [-0.05, 0) is 38.3 Å². The molecule has 0 heterocycles. The third-order valence-electron chi connectivity index (χ3n) is 8.50. The standard InChI is InChI=1S/C34H44O10/c1-9-23(35)42-26-20(5)17-34(41)24(26)27(43-32(40)22-13-11-10-12-14-22)21(6)28(44-31(39)18(2)3)25(36)30(38)33(7,8)16-15-19(4)29(34)37/h10-16,18-20,24-28,36,41H,6,9,17H2,1-5,7-8H3/t19-,20-,24+,25+,26-,27-,28-,34+/m0/s1. The Kier molecular flexibility index (Phi) is 10.7. The lowest BCUT2D eigenvalue weighted by Crippen LogP contribution is -2.56. The normalized spacial score (nSPS) is 32.3. The number of rotatable bonds is 6. The van der Waals surface area contributed by atoms with Crippen molar-refractivity contribution in [2.75, 3.05) is 0 Å². The van der Waals surface area contributed by atoms with Crippen molar-refractivity contribution < 1.29 is 48.4 Å². The first-order valence-corrected chi connectivity index (χ1v) is 15.0. The maximum Gasteiger partial charge on any atom is 0.338 e. The van der Waals surface area contributed by atoms with Crippen molar-refractivity contribution >= 4 is 29.5 Å². The van der Waals surface area contributed by atoms with Crippen molar-refractivity contribution in [1.82, 2.24) is 0 Å². The first-order valence-electron chi connectivity index (χ1n) is 15.0. The number of ether oxygens (including phenoxy) is 3. The third kappa shape index (κ3) is 7.02. The van der Waals surface area contributed by atoms with Gasteiger partial charge in [0.05, 0.1) is 17.4 Å². The van der Waals surface area contributed by atoms with Gasteiger partial charge >= 0.3 is 17.9 Å². The number of ketones is 2. The lowest BCUT2D eigenvalue weighted by Gasteiger charge is -2.41. The minimum atomic E-state index is -2.21. The summed E-state index contributed by atoms with van der Waals surface area (Å²) >= 11 is 0. The van der Waals surface area contributed by atoms with Crippen molar-refractivity contribution in [2.24, 2.45) is 29.1 Å². The van der Waals surface area contributed by atoms with Crippen LogP contribution in [-0.4, -0.2) is 69.7 Å². The molecule has 10 nitrogen and oxygen atoms in total. The first-order chi connectivity index (χ1) is 20.5. The van der Waals surface area contributed by atoms with Gasteiger partial charge in [0, 0.05) is 23.3 Å². The summed E-state index contributed by atoms with van der Waals surface area (Å²) in [7, 11) is 0. The Morgan fingerprint density at radius 2 is 1.61 bits per heavy atom. The number of benzene rings is 1. The fourth-order valence-electron chi connectivity index (χ4n) is 5.85. The summed E-state index contributed by atoms with van der Waals surface area (Å²) in [5.41, 5.74) is -3.67. The Hall–Kier alpha value is -3.63. The maximum absolute atomic E-state index is 14.1. The molecule has 1 fully saturated rings. The predicted molar refractivity (Wildman–Crippen MR) is 160 cm³/mol. The summed E-state index contributed by atoms with van der Waals surface area (Å²) in [6.45, 7) is 15.1. The van der Waals surface area contributed by atoms with E-state index in [1.165, 1.54) is 38.1 Å². The summed E-state index contributed by atoms with van der Waals surface area (Å²) < 4.78 is 17.4. The van der Waals surface area contributed by atoms with Crippen LogP contribution in [-0.2, 0) is 33.4 Å². The summed E-state index contributed by atoms with van der Waals surface area (Å²) in [4.78, 5) is 66.8. The Bertz CT molecular complexity index is 1310. The zero-order chi connectivity index (χ0) is 33.1. The van der Waals surface area contributed by atoms with Gasteiger partial charge in [-0.25, -0.2) is 4.79 Å². The van der Waals surface area contributed by atoms with E-state index in [1.807, 2.05) is 0 Å². The molecule has 240 valence electrons. The average molecular weight is 613 g/mol. The van der Waals surface area contributed by atoms with Crippen LogP contribution in [0.1, 0.15) is 71.7 Å². The van der Waals surface area contributed by atoms with Crippen molar-refractivity contribution in [3.05, 3.63) is 60.2 Å². The molecule has 0 aromatic heterocycles. The van der Waals surface area contributed by atoms with Crippen LogP contribution in [0.3, 0.4) is 0 Å². The summed E-state index contributed by atoms with van der Waals surface area (Å²) in [5.74, 6) is -7.25. The lowest BCUT2D eigenvalue weighted by atomic mass is 9.73. The minimum absolute atomic E-state index is 0.00615. The highest BCUT2D eigenvalue weighted by molar-refractivity contribution is 5.94. The summed E-state index contributed by atoms with van der Waals surface area (Å²) in [6.07, 6.45) is -3.73. The number of esters is 3. The van der Waals surface area contributed by atoms with Crippen LogP contribution in [0.25, 0.3) is 0 Å². The molecular weight excluding hydrogens is 568 g/mol. The number of aliphatic hydroxyl groups excluding tert-OH is 1. The fourth-order valence-corrected chi connectivity index (χ4v) is 5.85. The van der Waals surface area contributed by atoms with Crippen LogP contribution < -0.4 is 0 Å². The van der Waals surface area contributed by atoms with E-state index in [2.05, 4.69) is 6.58 Å². The highest BCUT2D eigenvalue weighted by Gasteiger charge is 2.63. The zero-order valence-corrected chi connectivity index (χ0v) is 26.4. The molecule has 1 saturated carbocycles. The molecule has 1 aromatic rings. The SMILES string of the molecule is C=C1[C@H](OC(=O)c2ccccc2)[C@H]2[C@@H](OC(=O)CC)[C@@H](C)C[C@]2(O)C(=O)[C@@H](C)C=CC(C)(C)C(=O)[C@H](O)[C@H]1OC(=O)C(C)C. The topological polar surface area (TPSA) is 154 Å². The smallest absolute Gasteiger partial charge is 0.338 e. The number of fused-ring (bicyclic) bond motifs is 1. The van der Waals surface area contributed by atoms with Crippen LogP contribution in [0.4, 0.5) is 0 Å². The second-order valence-electron chi connectivity index (χ2n) is 12.8. The molecule has 0 bridgehead atoms. The molecule has 8 atom stereocenters. The quantitative estimate of drug-likeness (QED) is 0.276. The van der Waals surface area contributed by atoms with E-state index in [-0.39, 0.29) is 24.0 Å². The molecule has 0 saturated heterocycles. The van der Waals surface area contributed by atoms with Crippen LogP contribution in [0.15, 0.2) is 54.6 Å². The molecule has 2 aliphatic rings. The molecule has 0 unspecified atom stereocenters. The van der Waals surface area contributed by atoms with Crippen molar-refractivity contribution in [1.29, 1.82) is 0 Å². The van der Waals surface area contributed by atoms with Crippen molar-refractivity contribution in [2.45, 2.75) is 91.3 Å². The highest BCUT2D eigenvalue weighted by atomic mass is 16.6. The number of hydrogen-bond acceptors (Lipinski definition) is 10. The van der Waals surface area contributed by atoms with Crippen molar-refractivity contribution in [3.8, 4) is 0 Å². The van der Waals surface area contributed by atoms with Gasteiger partial charge in [-0.1, -0.05) is 71.5 Å². The monoisotopic (exact) mass is 612 g/mol. The van der Waals surface area contributed by atoms with Gasteiger partial charge < -0.3 is 24.4 Å². The van der Waals surface area contributed by atoms with E-state index < -0.39 is 88.6 Å². The fraction of sp³-hybridized carbons (Fsp3) is 0.559. The third-order valence-corrected chi connectivity index (χ3v) is 8.50.